The first-order chi connectivity index (χ1) is 29.7. The predicted molar refractivity (Wildman–Crippen MR) is 247 cm³/mol. The molecule has 1 heterocycles. The van der Waals surface area contributed by atoms with Gasteiger partial charge in [0.15, 0.2) is 17.5 Å². The SMILES string of the molecule is c1ccc(-c2ccc(-c3nc(-c4ccccc4)nc(-c4cccc(-c5cccc(-c6cccc(-c7cccc8c7-c7ccccc7C87CCCCC7)c6)c5)c4)n3)cc2)cc1. The van der Waals surface area contributed by atoms with E-state index in [4.69, 9.17) is 15.0 Å². The number of hydrogen-bond acceptors (Lipinski definition) is 3. The highest BCUT2D eigenvalue weighted by Crippen LogP contribution is 2.57. The fraction of sp³-hybridized carbons (Fsp3) is 0.105. The number of fused-ring (bicyclic) bond motifs is 5. The third kappa shape index (κ3) is 6.44. The van der Waals surface area contributed by atoms with Crippen molar-refractivity contribution in [3.8, 4) is 89.8 Å². The van der Waals surface area contributed by atoms with Crippen LogP contribution < -0.4 is 0 Å². The van der Waals surface area contributed by atoms with Crippen LogP contribution >= 0.6 is 0 Å². The quantitative estimate of drug-likeness (QED) is 0.162. The van der Waals surface area contributed by atoms with E-state index in [1.54, 1.807) is 0 Å². The molecule has 0 bridgehead atoms. The summed E-state index contributed by atoms with van der Waals surface area (Å²) in [5.74, 6) is 1.94. The highest BCUT2D eigenvalue weighted by Gasteiger charge is 2.44. The minimum absolute atomic E-state index is 0.140. The molecule has 3 nitrogen and oxygen atoms in total. The van der Waals surface area contributed by atoms with Gasteiger partial charge in [-0.25, -0.2) is 15.0 Å². The number of rotatable bonds is 7. The maximum atomic E-state index is 5.08. The molecule has 3 heteroatoms. The maximum absolute atomic E-state index is 5.08. The van der Waals surface area contributed by atoms with Crippen LogP contribution in [0.1, 0.15) is 43.2 Å². The van der Waals surface area contributed by atoms with E-state index in [1.165, 1.54) is 82.2 Å². The molecule has 0 radical (unpaired) electrons. The molecule has 286 valence electrons. The molecule has 0 unspecified atom stereocenters. The minimum atomic E-state index is 0.140. The molecule has 0 amide bonds. The van der Waals surface area contributed by atoms with Crippen molar-refractivity contribution < 1.29 is 0 Å². The molecule has 11 rings (SSSR count). The molecule has 0 atom stereocenters. The van der Waals surface area contributed by atoms with Crippen molar-refractivity contribution in [3.63, 3.8) is 0 Å². The zero-order valence-corrected chi connectivity index (χ0v) is 33.4. The molecule has 1 aromatic heterocycles. The van der Waals surface area contributed by atoms with Crippen LogP contribution in [0.4, 0.5) is 0 Å². The average Bonchev–Trinajstić information content (AvgIpc) is 3.60. The number of benzene rings is 8. The normalized spacial score (nSPS) is 13.8. The molecule has 1 fully saturated rings. The summed E-state index contributed by atoms with van der Waals surface area (Å²) in [7, 11) is 0. The predicted octanol–water partition coefficient (Wildman–Crippen LogP) is 14.8. The second kappa shape index (κ2) is 15.2. The van der Waals surface area contributed by atoms with Crippen LogP contribution in [0.15, 0.2) is 200 Å². The molecule has 60 heavy (non-hydrogen) atoms. The van der Waals surface area contributed by atoms with E-state index >= 15 is 0 Å². The Balaban J connectivity index is 0.943. The van der Waals surface area contributed by atoms with E-state index in [-0.39, 0.29) is 5.41 Å². The third-order valence-electron chi connectivity index (χ3n) is 12.7. The Labute approximate surface area is 352 Å². The van der Waals surface area contributed by atoms with Crippen LogP contribution in [0.25, 0.3) is 89.8 Å². The standard InChI is InChI=1S/C57H43N3/c1-4-16-39(17-5-1)40-30-32-42(33-31-40)55-58-54(41-18-6-2-7-19-41)59-56(60-55)48-25-14-23-46(38-48)44-21-12-20-43(36-44)45-22-13-24-47(37-45)49-27-15-29-52-53(49)50-26-8-9-28-51(50)57(52)34-10-3-11-35-57/h1-2,4-9,12-33,36-38H,3,10-11,34-35H2. The van der Waals surface area contributed by atoms with Crippen molar-refractivity contribution in [2.75, 3.05) is 0 Å². The smallest absolute Gasteiger partial charge is 0.164 e. The van der Waals surface area contributed by atoms with Crippen molar-refractivity contribution in [3.05, 3.63) is 211 Å². The molecule has 1 saturated carbocycles. The van der Waals surface area contributed by atoms with E-state index in [2.05, 4.69) is 176 Å². The lowest BCUT2D eigenvalue weighted by Gasteiger charge is -2.36. The van der Waals surface area contributed by atoms with Gasteiger partial charge in [-0.2, -0.15) is 0 Å². The van der Waals surface area contributed by atoms with Crippen molar-refractivity contribution >= 4 is 0 Å². The molecule has 2 aliphatic rings. The summed E-state index contributed by atoms with van der Waals surface area (Å²) in [5.41, 5.74) is 18.4. The van der Waals surface area contributed by atoms with Gasteiger partial charge in [0, 0.05) is 22.1 Å². The summed E-state index contributed by atoms with van der Waals surface area (Å²) in [6.07, 6.45) is 6.40. The zero-order valence-electron chi connectivity index (χ0n) is 33.4. The van der Waals surface area contributed by atoms with Crippen LogP contribution in [0.5, 0.6) is 0 Å². The average molecular weight is 770 g/mol. The Bertz CT molecular complexity index is 3000. The van der Waals surface area contributed by atoms with E-state index in [0.717, 1.165) is 33.4 Å². The van der Waals surface area contributed by atoms with Gasteiger partial charge in [-0.3, -0.25) is 0 Å². The molecule has 0 saturated heterocycles. The first kappa shape index (κ1) is 35.9. The number of nitrogens with zero attached hydrogens (tertiary/aromatic N) is 3. The molecule has 8 aromatic carbocycles. The topological polar surface area (TPSA) is 38.7 Å². The van der Waals surface area contributed by atoms with Crippen molar-refractivity contribution in [1.29, 1.82) is 0 Å². The van der Waals surface area contributed by atoms with E-state index < -0.39 is 0 Å². The lowest BCUT2D eigenvalue weighted by atomic mass is 9.68. The van der Waals surface area contributed by atoms with Gasteiger partial charge in [0.1, 0.15) is 0 Å². The molecular weight excluding hydrogens is 727 g/mol. The van der Waals surface area contributed by atoms with Crippen LogP contribution in [0, 0.1) is 0 Å². The summed E-state index contributed by atoms with van der Waals surface area (Å²) in [4.78, 5) is 15.1. The van der Waals surface area contributed by atoms with Crippen molar-refractivity contribution in [2.45, 2.75) is 37.5 Å². The van der Waals surface area contributed by atoms with Gasteiger partial charge in [0.2, 0.25) is 0 Å². The van der Waals surface area contributed by atoms with Gasteiger partial charge in [-0.1, -0.05) is 201 Å². The summed E-state index contributed by atoms with van der Waals surface area (Å²) >= 11 is 0. The molecule has 9 aromatic rings. The molecule has 2 aliphatic carbocycles. The fourth-order valence-electron chi connectivity index (χ4n) is 9.81. The lowest BCUT2D eigenvalue weighted by Crippen LogP contribution is -2.27. The maximum Gasteiger partial charge on any atom is 0.164 e. The summed E-state index contributed by atoms with van der Waals surface area (Å²) in [6, 6.07) is 71.9. The highest BCUT2D eigenvalue weighted by molar-refractivity contribution is 5.93. The van der Waals surface area contributed by atoms with Crippen molar-refractivity contribution in [2.24, 2.45) is 0 Å². The van der Waals surface area contributed by atoms with Crippen LogP contribution in [-0.4, -0.2) is 15.0 Å². The molecular formula is C57H43N3. The largest absolute Gasteiger partial charge is 0.208 e. The summed E-state index contributed by atoms with van der Waals surface area (Å²) < 4.78 is 0. The summed E-state index contributed by atoms with van der Waals surface area (Å²) in [6.45, 7) is 0. The zero-order chi connectivity index (χ0) is 39.9. The van der Waals surface area contributed by atoms with Gasteiger partial charge in [-0.05, 0) is 97.8 Å². The number of hydrogen-bond donors (Lipinski definition) is 0. The Morgan fingerprint density at radius 3 is 1.33 bits per heavy atom. The van der Waals surface area contributed by atoms with Crippen LogP contribution in [0.2, 0.25) is 0 Å². The number of aromatic nitrogens is 3. The minimum Gasteiger partial charge on any atom is -0.208 e. The van der Waals surface area contributed by atoms with Gasteiger partial charge in [-0.15, -0.1) is 0 Å². The summed E-state index contributed by atoms with van der Waals surface area (Å²) in [5, 5.41) is 0. The molecule has 0 N–H and O–H groups in total. The molecule has 0 aliphatic heterocycles. The van der Waals surface area contributed by atoms with E-state index in [9.17, 15) is 0 Å². The van der Waals surface area contributed by atoms with Gasteiger partial charge in [0.05, 0.1) is 0 Å². The van der Waals surface area contributed by atoms with Gasteiger partial charge < -0.3 is 0 Å². The molecule has 1 spiro atoms. The Morgan fingerprint density at radius 2 is 0.683 bits per heavy atom. The Kier molecular flexibility index (Phi) is 9.08. The third-order valence-corrected chi connectivity index (χ3v) is 12.7. The Hall–Kier alpha value is -7.23. The van der Waals surface area contributed by atoms with Crippen LogP contribution in [-0.2, 0) is 5.41 Å². The van der Waals surface area contributed by atoms with Gasteiger partial charge >= 0.3 is 0 Å². The first-order valence-electron chi connectivity index (χ1n) is 21.2. The first-order valence-corrected chi connectivity index (χ1v) is 21.2. The van der Waals surface area contributed by atoms with Crippen LogP contribution in [0.3, 0.4) is 0 Å². The second-order valence-electron chi connectivity index (χ2n) is 16.3. The Morgan fingerprint density at radius 1 is 0.283 bits per heavy atom. The van der Waals surface area contributed by atoms with E-state index in [1.807, 2.05) is 24.3 Å². The van der Waals surface area contributed by atoms with Gasteiger partial charge in [0.25, 0.3) is 0 Å². The highest BCUT2D eigenvalue weighted by atomic mass is 15.0. The monoisotopic (exact) mass is 769 g/mol. The fourth-order valence-corrected chi connectivity index (χ4v) is 9.81. The second-order valence-corrected chi connectivity index (χ2v) is 16.3. The van der Waals surface area contributed by atoms with E-state index in [0.29, 0.717) is 17.5 Å². The van der Waals surface area contributed by atoms with Crippen molar-refractivity contribution in [1.82, 2.24) is 15.0 Å². The lowest BCUT2D eigenvalue weighted by molar-refractivity contribution is 0.353.